The van der Waals surface area contributed by atoms with Gasteiger partial charge in [0.25, 0.3) is 0 Å². The molecule has 3 heteroatoms. The van der Waals surface area contributed by atoms with Crippen molar-refractivity contribution in [1.82, 2.24) is 4.98 Å². The minimum atomic E-state index is 0.181. The van der Waals surface area contributed by atoms with Crippen molar-refractivity contribution >= 4 is 16.6 Å². The maximum Gasteiger partial charge on any atom is 0.106 e. The lowest BCUT2D eigenvalue weighted by Crippen LogP contribution is -2.07. The fraction of sp³-hybridized carbons (Fsp3) is 0.235. The average molecular weight is 266 g/mol. The summed E-state index contributed by atoms with van der Waals surface area (Å²) in [6.07, 6.45) is 1.82. The van der Waals surface area contributed by atoms with E-state index < -0.39 is 0 Å². The number of pyridine rings is 1. The molecule has 102 valence electrons. The summed E-state index contributed by atoms with van der Waals surface area (Å²) in [5, 5.41) is 4.68. The smallest absolute Gasteiger partial charge is 0.106 e. The summed E-state index contributed by atoms with van der Waals surface area (Å²) < 4.78 is 5.61. The number of aromatic nitrogens is 1. The average Bonchev–Trinajstić information content (AvgIpc) is 2.78. The maximum absolute atomic E-state index is 5.61. The molecule has 3 aromatic rings. The molecule has 0 radical (unpaired) electrons. The van der Waals surface area contributed by atoms with Crippen molar-refractivity contribution in [2.24, 2.45) is 0 Å². The molecule has 0 aliphatic rings. The number of benzene rings is 1. The Hall–Kier alpha value is -2.29. The summed E-state index contributed by atoms with van der Waals surface area (Å²) in [5.74, 6) is 1.91. The van der Waals surface area contributed by atoms with E-state index in [1.165, 1.54) is 5.56 Å². The number of para-hydroxylation sites is 1. The van der Waals surface area contributed by atoms with Crippen molar-refractivity contribution in [3.8, 4) is 0 Å². The van der Waals surface area contributed by atoms with E-state index >= 15 is 0 Å². The number of rotatable bonds is 3. The summed E-state index contributed by atoms with van der Waals surface area (Å²) in [6, 6.07) is 12.5. The van der Waals surface area contributed by atoms with Gasteiger partial charge in [0.15, 0.2) is 0 Å². The molecular weight excluding hydrogens is 248 g/mol. The van der Waals surface area contributed by atoms with Crippen molar-refractivity contribution in [2.45, 2.75) is 26.8 Å². The van der Waals surface area contributed by atoms with Crippen molar-refractivity contribution in [2.75, 3.05) is 5.32 Å². The van der Waals surface area contributed by atoms with Gasteiger partial charge in [0.05, 0.1) is 17.2 Å². The number of hydrogen-bond acceptors (Lipinski definition) is 3. The van der Waals surface area contributed by atoms with Crippen molar-refractivity contribution in [3.63, 3.8) is 0 Å². The largest absolute Gasteiger partial charge is 0.466 e. The van der Waals surface area contributed by atoms with Crippen LogP contribution in [0, 0.1) is 13.8 Å². The molecule has 3 nitrogen and oxygen atoms in total. The molecule has 20 heavy (non-hydrogen) atoms. The Morgan fingerprint density at radius 1 is 1.15 bits per heavy atom. The molecule has 0 saturated heterocycles. The molecule has 0 aliphatic heterocycles. The summed E-state index contributed by atoms with van der Waals surface area (Å²) in [5.41, 5.74) is 3.24. The summed E-state index contributed by atoms with van der Waals surface area (Å²) in [7, 11) is 0. The Balaban J connectivity index is 1.95. The molecule has 2 aromatic heterocycles. The molecule has 0 fully saturated rings. The van der Waals surface area contributed by atoms with E-state index in [1.807, 2.05) is 32.2 Å². The number of nitrogens with one attached hydrogen (secondary N) is 1. The van der Waals surface area contributed by atoms with E-state index in [2.05, 4.69) is 41.5 Å². The summed E-state index contributed by atoms with van der Waals surface area (Å²) in [6.45, 7) is 6.11. The summed E-state index contributed by atoms with van der Waals surface area (Å²) in [4.78, 5) is 4.47. The van der Waals surface area contributed by atoms with Gasteiger partial charge >= 0.3 is 0 Å². The number of furan rings is 1. The first-order valence-corrected chi connectivity index (χ1v) is 6.82. The van der Waals surface area contributed by atoms with Gasteiger partial charge in [-0.3, -0.25) is 4.98 Å². The molecule has 2 heterocycles. The third-order valence-corrected chi connectivity index (χ3v) is 3.55. The predicted molar refractivity (Wildman–Crippen MR) is 82.0 cm³/mol. The van der Waals surface area contributed by atoms with Gasteiger partial charge in [-0.1, -0.05) is 18.2 Å². The normalized spacial score (nSPS) is 12.6. The molecule has 0 spiro atoms. The van der Waals surface area contributed by atoms with E-state index in [-0.39, 0.29) is 6.04 Å². The van der Waals surface area contributed by atoms with E-state index in [1.54, 1.807) is 0 Å². The van der Waals surface area contributed by atoms with E-state index in [0.717, 1.165) is 28.1 Å². The highest BCUT2D eigenvalue weighted by molar-refractivity contribution is 5.90. The van der Waals surface area contributed by atoms with Crippen LogP contribution in [0.15, 0.2) is 47.0 Å². The number of aryl methyl sites for hydroxylation is 2. The van der Waals surface area contributed by atoms with Crippen molar-refractivity contribution in [1.29, 1.82) is 0 Å². The molecular formula is C17H18N2O. The Morgan fingerprint density at radius 2 is 1.95 bits per heavy atom. The van der Waals surface area contributed by atoms with Crippen LogP contribution in [0.25, 0.3) is 10.9 Å². The lowest BCUT2D eigenvalue weighted by molar-refractivity contribution is 0.500. The Labute approximate surface area is 118 Å². The molecule has 1 aromatic carbocycles. The number of anilines is 1. The first-order chi connectivity index (χ1) is 9.65. The highest BCUT2D eigenvalue weighted by Gasteiger charge is 2.13. The van der Waals surface area contributed by atoms with Gasteiger partial charge in [0, 0.05) is 17.1 Å². The number of hydrogen-bond donors (Lipinski definition) is 1. The molecule has 3 rings (SSSR count). The lowest BCUT2D eigenvalue weighted by Gasteiger charge is -2.16. The maximum atomic E-state index is 5.61. The molecule has 1 unspecified atom stereocenters. The SMILES string of the molecule is Cc1cc(C(C)Nc2cccc3cccnc23)c(C)o1. The third kappa shape index (κ3) is 2.27. The van der Waals surface area contributed by atoms with Gasteiger partial charge in [-0.05, 0) is 39.0 Å². The van der Waals surface area contributed by atoms with Gasteiger partial charge in [-0.25, -0.2) is 0 Å². The zero-order valence-corrected chi connectivity index (χ0v) is 12.0. The van der Waals surface area contributed by atoms with Crippen LogP contribution in [0.4, 0.5) is 5.69 Å². The van der Waals surface area contributed by atoms with Gasteiger partial charge in [0.1, 0.15) is 11.5 Å². The number of fused-ring (bicyclic) bond motifs is 1. The van der Waals surface area contributed by atoms with Crippen LogP contribution in [0.2, 0.25) is 0 Å². The molecule has 0 bridgehead atoms. The topological polar surface area (TPSA) is 38.1 Å². The van der Waals surface area contributed by atoms with Gasteiger partial charge in [0.2, 0.25) is 0 Å². The Kier molecular flexibility index (Phi) is 3.18. The van der Waals surface area contributed by atoms with Gasteiger partial charge in [-0.2, -0.15) is 0 Å². The Morgan fingerprint density at radius 3 is 2.70 bits per heavy atom. The fourth-order valence-electron chi connectivity index (χ4n) is 2.61. The zero-order chi connectivity index (χ0) is 14.1. The molecule has 0 amide bonds. The monoisotopic (exact) mass is 266 g/mol. The predicted octanol–water partition coefficient (Wildman–Crippen LogP) is 4.62. The van der Waals surface area contributed by atoms with Crippen LogP contribution in [-0.2, 0) is 0 Å². The fourth-order valence-corrected chi connectivity index (χ4v) is 2.61. The van der Waals surface area contributed by atoms with Gasteiger partial charge in [-0.15, -0.1) is 0 Å². The van der Waals surface area contributed by atoms with Crippen molar-refractivity contribution < 1.29 is 4.42 Å². The number of nitrogens with zero attached hydrogens (tertiary/aromatic N) is 1. The molecule has 0 aliphatic carbocycles. The van der Waals surface area contributed by atoms with Crippen LogP contribution in [0.3, 0.4) is 0 Å². The highest BCUT2D eigenvalue weighted by atomic mass is 16.3. The minimum absolute atomic E-state index is 0.181. The Bertz CT molecular complexity index is 740. The van der Waals surface area contributed by atoms with Gasteiger partial charge < -0.3 is 9.73 Å². The van der Waals surface area contributed by atoms with E-state index in [9.17, 15) is 0 Å². The first kappa shape index (κ1) is 12.7. The quantitative estimate of drug-likeness (QED) is 0.751. The van der Waals surface area contributed by atoms with Crippen molar-refractivity contribution in [3.05, 3.63) is 59.7 Å². The molecule has 0 saturated carbocycles. The van der Waals surface area contributed by atoms with E-state index in [0.29, 0.717) is 0 Å². The second-order valence-corrected chi connectivity index (χ2v) is 5.12. The molecule has 1 N–H and O–H groups in total. The highest BCUT2D eigenvalue weighted by Crippen LogP contribution is 2.28. The van der Waals surface area contributed by atoms with Crippen LogP contribution in [0.5, 0.6) is 0 Å². The standard InChI is InChI=1S/C17H18N2O/c1-11-10-15(13(3)20-11)12(2)19-16-8-4-6-14-7-5-9-18-17(14)16/h4-10,12,19H,1-3H3. The minimum Gasteiger partial charge on any atom is -0.466 e. The third-order valence-electron chi connectivity index (χ3n) is 3.55. The summed E-state index contributed by atoms with van der Waals surface area (Å²) >= 11 is 0. The zero-order valence-electron chi connectivity index (χ0n) is 12.0. The molecule has 1 atom stereocenters. The second kappa shape index (κ2) is 5.00. The van der Waals surface area contributed by atoms with Crippen LogP contribution < -0.4 is 5.32 Å². The second-order valence-electron chi connectivity index (χ2n) is 5.12. The van der Waals surface area contributed by atoms with Crippen LogP contribution in [0.1, 0.15) is 30.0 Å². The van der Waals surface area contributed by atoms with Crippen LogP contribution in [-0.4, -0.2) is 4.98 Å². The van der Waals surface area contributed by atoms with Crippen LogP contribution >= 0.6 is 0 Å². The van der Waals surface area contributed by atoms with E-state index in [4.69, 9.17) is 4.42 Å². The lowest BCUT2D eigenvalue weighted by atomic mass is 10.1. The first-order valence-electron chi connectivity index (χ1n) is 6.82.